The Bertz CT molecular complexity index is 515. The highest BCUT2D eigenvalue weighted by Crippen LogP contribution is 2.23. The van der Waals surface area contributed by atoms with E-state index in [4.69, 9.17) is 5.73 Å². The molecule has 0 atom stereocenters. The van der Waals surface area contributed by atoms with Gasteiger partial charge in [-0.05, 0) is 26.3 Å². The van der Waals surface area contributed by atoms with Crippen LogP contribution in [0.3, 0.4) is 0 Å². The van der Waals surface area contributed by atoms with E-state index < -0.39 is 0 Å². The van der Waals surface area contributed by atoms with Crippen molar-refractivity contribution in [3.63, 3.8) is 0 Å². The molecule has 98 valence electrons. The molecule has 0 amide bonds. The molecule has 0 saturated carbocycles. The van der Waals surface area contributed by atoms with Gasteiger partial charge in [-0.25, -0.2) is 0 Å². The van der Waals surface area contributed by atoms with Crippen LogP contribution >= 0.6 is 11.8 Å². The minimum Gasteiger partial charge on any atom is -0.368 e. The van der Waals surface area contributed by atoms with Crippen molar-refractivity contribution >= 4 is 17.7 Å². The molecular formula is C11H18N6S. The minimum absolute atomic E-state index is 0.277. The summed E-state index contributed by atoms with van der Waals surface area (Å²) in [5.41, 5.74) is 7.01. The smallest absolute Gasteiger partial charge is 0.222 e. The largest absolute Gasteiger partial charge is 0.368 e. The number of rotatable bonds is 5. The van der Waals surface area contributed by atoms with Gasteiger partial charge >= 0.3 is 0 Å². The Kier molecular flexibility index (Phi) is 3.90. The molecule has 2 rings (SSSR count). The molecule has 0 aromatic carbocycles. The van der Waals surface area contributed by atoms with Crippen molar-refractivity contribution in [2.75, 3.05) is 11.5 Å². The number of thioether (sulfide) groups is 1. The highest BCUT2D eigenvalue weighted by Gasteiger charge is 2.12. The molecular weight excluding hydrogens is 248 g/mol. The van der Waals surface area contributed by atoms with E-state index in [1.165, 1.54) is 5.69 Å². The van der Waals surface area contributed by atoms with Crippen LogP contribution in [0.25, 0.3) is 0 Å². The molecule has 0 fully saturated rings. The van der Waals surface area contributed by atoms with Crippen LogP contribution in [-0.4, -0.2) is 30.3 Å². The number of aryl methyl sites for hydroxylation is 2. The zero-order valence-corrected chi connectivity index (χ0v) is 11.7. The molecule has 0 bridgehead atoms. The molecule has 2 N–H and O–H groups in total. The lowest BCUT2D eigenvalue weighted by molar-refractivity contribution is 0.557. The average molecular weight is 266 g/mol. The van der Waals surface area contributed by atoms with Crippen LogP contribution in [-0.2, 0) is 13.5 Å². The van der Waals surface area contributed by atoms with Gasteiger partial charge in [-0.1, -0.05) is 11.8 Å². The predicted molar refractivity (Wildman–Crippen MR) is 72.5 cm³/mol. The fourth-order valence-electron chi connectivity index (χ4n) is 1.77. The zero-order valence-electron chi connectivity index (χ0n) is 10.9. The van der Waals surface area contributed by atoms with Gasteiger partial charge < -0.3 is 5.73 Å². The van der Waals surface area contributed by atoms with Crippen LogP contribution in [0, 0.1) is 0 Å². The highest BCUT2D eigenvalue weighted by atomic mass is 32.2. The van der Waals surface area contributed by atoms with Crippen molar-refractivity contribution in [2.45, 2.75) is 31.5 Å². The first-order valence-electron chi connectivity index (χ1n) is 5.89. The topological polar surface area (TPSA) is 74.6 Å². The van der Waals surface area contributed by atoms with E-state index in [0.29, 0.717) is 5.95 Å². The van der Waals surface area contributed by atoms with Gasteiger partial charge in [0, 0.05) is 30.7 Å². The average Bonchev–Trinajstić information content (AvgIpc) is 2.86. The van der Waals surface area contributed by atoms with Crippen LogP contribution in [0.15, 0.2) is 17.4 Å². The van der Waals surface area contributed by atoms with Gasteiger partial charge in [0.2, 0.25) is 5.95 Å². The van der Waals surface area contributed by atoms with Crippen molar-refractivity contribution < 1.29 is 0 Å². The SMILES string of the molecule is CC(C)n1c(N)nnc1SCCc1ccnn1C. The molecule has 0 unspecified atom stereocenters. The lowest BCUT2D eigenvalue weighted by atomic mass is 10.3. The fraction of sp³-hybridized carbons (Fsp3) is 0.545. The second kappa shape index (κ2) is 5.43. The minimum atomic E-state index is 0.277. The highest BCUT2D eigenvalue weighted by molar-refractivity contribution is 7.99. The summed E-state index contributed by atoms with van der Waals surface area (Å²) < 4.78 is 3.84. The Morgan fingerprint density at radius 3 is 2.78 bits per heavy atom. The summed E-state index contributed by atoms with van der Waals surface area (Å²) in [6.45, 7) is 4.15. The van der Waals surface area contributed by atoms with Crippen molar-refractivity contribution in [2.24, 2.45) is 7.05 Å². The third-order valence-electron chi connectivity index (χ3n) is 2.72. The number of nitrogens with zero attached hydrogens (tertiary/aromatic N) is 5. The van der Waals surface area contributed by atoms with E-state index in [9.17, 15) is 0 Å². The quantitative estimate of drug-likeness (QED) is 0.830. The Morgan fingerprint density at radius 1 is 1.39 bits per heavy atom. The first-order chi connectivity index (χ1) is 8.59. The molecule has 7 heteroatoms. The monoisotopic (exact) mass is 266 g/mol. The van der Waals surface area contributed by atoms with Crippen molar-refractivity contribution in [1.29, 1.82) is 0 Å². The molecule has 2 heterocycles. The van der Waals surface area contributed by atoms with Crippen LogP contribution in [0.5, 0.6) is 0 Å². The Morgan fingerprint density at radius 2 is 2.17 bits per heavy atom. The van der Waals surface area contributed by atoms with E-state index in [2.05, 4.69) is 29.1 Å². The zero-order chi connectivity index (χ0) is 13.1. The van der Waals surface area contributed by atoms with Gasteiger partial charge in [0.05, 0.1) is 0 Å². The van der Waals surface area contributed by atoms with Crippen LogP contribution in [0.1, 0.15) is 25.6 Å². The maximum Gasteiger partial charge on any atom is 0.222 e. The molecule has 2 aromatic rings. The number of hydrogen-bond acceptors (Lipinski definition) is 5. The fourth-order valence-corrected chi connectivity index (χ4v) is 2.80. The number of nitrogen functional groups attached to an aromatic ring is 1. The van der Waals surface area contributed by atoms with Crippen molar-refractivity contribution in [3.8, 4) is 0 Å². The number of hydrogen-bond donors (Lipinski definition) is 1. The summed E-state index contributed by atoms with van der Waals surface area (Å²) in [4.78, 5) is 0. The van der Waals surface area contributed by atoms with E-state index in [0.717, 1.165) is 17.3 Å². The molecule has 0 radical (unpaired) electrons. The van der Waals surface area contributed by atoms with Gasteiger partial charge in [0.15, 0.2) is 5.16 Å². The Labute approximate surface area is 111 Å². The number of anilines is 1. The summed E-state index contributed by atoms with van der Waals surface area (Å²) in [7, 11) is 1.95. The summed E-state index contributed by atoms with van der Waals surface area (Å²) in [5.74, 6) is 1.41. The lowest BCUT2D eigenvalue weighted by Gasteiger charge is -2.11. The van der Waals surface area contributed by atoms with E-state index in [1.807, 2.05) is 28.6 Å². The molecule has 0 aliphatic carbocycles. The second-order valence-electron chi connectivity index (χ2n) is 4.35. The third kappa shape index (κ3) is 2.66. The maximum absolute atomic E-state index is 5.79. The first kappa shape index (κ1) is 12.9. The summed E-state index contributed by atoms with van der Waals surface area (Å²) in [6, 6.07) is 2.31. The molecule has 6 nitrogen and oxygen atoms in total. The molecule has 0 saturated heterocycles. The molecule has 0 aliphatic heterocycles. The summed E-state index contributed by atoms with van der Waals surface area (Å²) in [6.07, 6.45) is 2.76. The van der Waals surface area contributed by atoms with Gasteiger partial charge in [0.1, 0.15) is 0 Å². The van der Waals surface area contributed by atoms with E-state index >= 15 is 0 Å². The maximum atomic E-state index is 5.79. The van der Waals surface area contributed by atoms with Gasteiger partial charge in [-0.2, -0.15) is 5.10 Å². The normalized spacial score (nSPS) is 11.3. The Hall–Kier alpha value is -1.50. The predicted octanol–water partition coefficient (Wildman–Crippen LogP) is 1.51. The second-order valence-corrected chi connectivity index (χ2v) is 5.41. The molecule has 0 spiro atoms. The van der Waals surface area contributed by atoms with Crippen molar-refractivity contribution in [3.05, 3.63) is 18.0 Å². The van der Waals surface area contributed by atoms with Gasteiger partial charge in [-0.3, -0.25) is 9.25 Å². The van der Waals surface area contributed by atoms with Crippen molar-refractivity contribution in [1.82, 2.24) is 24.5 Å². The molecule has 18 heavy (non-hydrogen) atoms. The number of aromatic nitrogens is 5. The van der Waals surface area contributed by atoms with E-state index in [1.54, 1.807) is 11.8 Å². The summed E-state index contributed by atoms with van der Waals surface area (Å²) in [5, 5.41) is 13.1. The standard InChI is InChI=1S/C11H18N6S/c1-8(2)17-10(12)14-15-11(17)18-7-5-9-4-6-13-16(9)3/h4,6,8H,5,7H2,1-3H3,(H2,12,14). The molecule has 0 aliphatic rings. The lowest BCUT2D eigenvalue weighted by Crippen LogP contribution is -2.07. The Balaban J connectivity index is 1.97. The third-order valence-corrected chi connectivity index (χ3v) is 3.66. The molecule has 2 aromatic heterocycles. The van der Waals surface area contributed by atoms with Crippen LogP contribution in [0.2, 0.25) is 0 Å². The van der Waals surface area contributed by atoms with E-state index in [-0.39, 0.29) is 6.04 Å². The van der Waals surface area contributed by atoms with Gasteiger partial charge in [0.25, 0.3) is 0 Å². The number of nitrogens with two attached hydrogens (primary N) is 1. The van der Waals surface area contributed by atoms with Gasteiger partial charge in [-0.15, -0.1) is 10.2 Å². The first-order valence-corrected chi connectivity index (χ1v) is 6.88. The van der Waals surface area contributed by atoms with Crippen LogP contribution in [0.4, 0.5) is 5.95 Å². The van der Waals surface area contributed by atoms with Crippen LogP contribution < -0.4 is 5.73 Å². The summed E-state index contributed by atoms with van der Waals surface area (Å²) >= 11 is 1.67.